The highest BCUT2D eigenvalue weighted by molar-refractivity contribution is 6.26. The number of imide groups is 1. The van der Waals surface area contributed by atoms with Gasteiger partial charge in [0.05, 0.1) is 5.56 Å². The van der Waals surface area contributed by atoms with Gasteiger partial charge in [-0.3, -0.25) is 19.3 Å². The fourth-order valence-corrected chi connectivity index (χ4v) is 3.64. The average molecular weight is 384 g/mol. The first-order valence-electron chi connectivity index (χ1n) is 8.64. The van der Waals surface area contributed by atoms with Gasteiger partial charge in [0.1, 0.15) is 18.0 Å². The Morgan fingerprint density at radius 1 is 1.14 bits per heavy atom. The molecule has 0 aromatic heterocycles. The Bertz CT molecular complexity index is 1030. The molecule has 2 aliphatic heterocycles. The van der Waals surface area contributed by atoms with E-state index in [0.717, 1.165) is 4.90 Å². The van der Waals surface area contributed by atoms with E-state index in [-0.39, 0.29) is 29.7 Å². The molecule has 0 radical (unpaired) electrons. The van der Waals surface area contributed by atoms with Gasteiger partial charge in [0, 0.05) is 10.9 Å². The number of nitrogens with zero attached hydrogens (tertiary/aromatic N) is 1. The van der Waals surface area contributed by atoms with Crippen molar-refractivity contribution in [2.24, 2.45) is 0 Å². The summed E-state index contributed by atoms with van der Waals surface area (Å²) in [5.41, 5.74) is 0.433. The number of aliphatic carboxylic acids is 1. The van der Waals surface area contributed by atoms with Crippen LogP contribution in [0.2, 0.25) is 0 Å². The zero-order valence-corrected chi connectivity index (χ0v) is 14.5. The molecule has 4 rings (SSSR count). The van der Waals surface area contributed by atoms with Crippen molar-refractivity contribution in [2.75, 3.05) is 6.61 Å². The van der Waals surface area contributed by atoms with Gasteiger partial charge in [-0.1, -0.05) is 12.1 Å². The van der Waals surface area contributed by atoms with E-state index in [4.69, 9.17) is 9.84 Å². The van der Waals surface area contributed by atoms with E-state index in [1.54, 1.807) is 24.3 Å². The van der Waals surface area contributed by atoms with Gasteiger partial charge >= 0.3 is 5.97 Å². The number of piperidine rings is 1. The zero-order valence-electron chi connectivity index (χ0n) is 14.5. The van der Waals surface area contributed by atoms with Crippen molar-refractivity contribution in [3.8, 4) is 5.75 Å². The van der Waals surface area contributed by atoms with E-state index in [2.05, 4.69) is 5.32 Å². The maximum absolute atomic E-state index is 13.1. The number of hydrogen-bond acceptors (Lipinski definition) is 6. The van der Waals surface area contributed by atoms with Crippen molar-refractivity contribution in [3.05, 3.63) is 41.5 Å². The van der Waals surface area contributed by atoms with Crippen molar-refractivity contribution in [3.63, 3.8) is 0 Å². The van der Waals surface area contributed by atoms with Crippen LogP contribution in [0.3, 0.4) is 0 Å². The quantitative estimate of drug-likeness (QED) is 0.654. The fourth-order valence-electron chi connectivity index (χ4n) is 3.64. The molecular weight excluding hydrogens is 368 g/mol. The highest BCUT2D eigenvalue weighted by Gasteiger charge is 2.42. The Hall–Kier alpha value is -3.46. The summed E-state index contributed by atoms with van der Waals surface area (Å²) in [4.78, 5) is 50.1. The molecule has 0 bridgehead atoms. The number of aliphatic hydroxyl groups is 1. The van der Waals surface area contributed by atoms with E-state index >= 15 is 0 Å². The summed E-state index contributed by atoms with van der Waals surface area (Å²) in [5.74, 6) is -2.84. The Morgan fingerprint density at radius 3 is 2.61 bits per heavy atom. The minimum absolute atomic E-state index is 0.144. The molecule has 2 aliphatic rings. The van der Waals surface area contributed by atoms with Crippen LogP contribution in [0.15, 0.2) is 30.3 Å². The topological polar surface area (TPSA) is 133 Å². The number of aliphatic hydroxyl groups excluding tert-OH is 1. The third-order valence-corrected chi connectivity index (χ3v) is 4.85. The summed E-state index contributed by atoms with van der Waals surface area (Å²) >= 11 is 0. The molecule has 9 nitrogen and oxygen atoms in total. The van der Waals surface area contributed by atoms with Crippen LogP contribution in [0.1, 0.15) is 33.6 Å². The highest BCUT2D eigenvalue weighted by Crippen LogP contribution is 2.35. The van der Waals surface area contributed by atoms with Crippen LogP contribution in [0.25, 0.3) is 10.8 Å². The lowest BCUT2D eigenvalue weighted by atomic mass is 9.91. The summed E-state index contributed by atoms with van der Waals surface area (Å²) in [6, 6.07) is 6.81. The lowest BCUT2D eigenvalue weighted by Crippen LogP contribution is -2.58. The summed E-state index contributed by atoms with van der Waals surface area (Å²) in [6.45, 7) is -0.579. The second kappa shape index (κ2) is 6.61. The molecule has 2 aromatic carbocycles. The Kier molecular flexibility index (Phi) is 4.23. The predicted octanol–water partition coefficient (Wildman–Crippen LogP) is 0.496. The van der Waals surface area contributed by atoms with Crippen molar-refractivity contribution in [2.45, 2.75) is 25.1 Å². The van der Waals surface area contributed by atoms with E-state index in [0.29, 0.717) is 10.8 Å². The average Bonchev–Trinajstić information content (AvgIpc) is 2.65. The number of carboxylic acid groups (broad SMARTS) is 1. The predicted molar refractivity (Wildman–Crippen MR) is 94.8 cm³/mol. The summed E-state index contributed by atoms with van der Waals surface area (Å²) < 4.78 is 5.21. The molecule has 1 saturated heterocycles. The van der Waals surface area contributed by atoms with Crippen molar-refractivity contribution >= 4 is 34.5 Å². The Labute approximate surface area is 158 Å². The van der Waals surface area contributed by atoms with Crippen LogP contribution in [0, 0.1) is 0 Å². The Morgan fingerprint density at radius 2 is 1.89 bits per heavy atom. The number of benzene rings is 2. The zero-order chi connectivity index (χ0) is 20.0. The molecule has 2 aromatic rings. The SMILES string of the molecule is O=C(O)COc1cc2c3c(cccc3c1)C(=O)N(C1CCC(O)NC1=O)C2=O. The van der Waals surface area contributed by atoms with Gasteiger partial charge in [0.25, 0.3) is 11.8 Å². The van der Waals surface area contributed by atoms with E-state index in [9.17, 15) is 24.3 Å². The van der Waals surface area contributed by atoms with Gasteiger partial charge in [0.2, 0.25) is 5.91 Å². The molecule has 3 N–H and O–H groups in total. The highest BCUT2D eigenvalue weighted by atomic mass is 16.5. The molecule has 28 heavy (non-hydrogen) atoms. The molecule has 3 amide bonds. The number of carbonyl (C=O) groups is 4. The van der Waals surface area contributed by atoms with E-state index in [1.165, 1.54) is 6.07 Å². The molecule has 144 valence electrons. The van der Waals surface area contributed by atoms with Gasteiger partial charge in [-0.25, -0.2) is 4.79 Å². The first kappa shape index (κ1) is 17.9. The number of rotatable bonds is 4. The molecule has 0 saturated carbocycles. The maximum atomic E-state index is 13.1. The monoisotopic (exact) mass is 384 g/mol. The summed E-state index contributed by atoms with van der Waals surface area (Å²) in [5, 5.41) is 21.7. The van der Waals surface area contributed by atoms with Gasteiger partial charge < -0.3 is 20.3 Å². The third-order valence-electron chi connectivity index (χ3n) is 4.85. The molecule has 0 aliphatic carbocycles. The molecule has 2 atom stereocenters. The first-order valence-corrected chi connectivity index (χ1v) is 8.64. The van der Waals surface area contributed by atoms with Crippen LogP contribution in [-0.2, 0) is 9.59 Å². The van der Waals surface area contributed by atoms with Crippen molar-refractivity contribution < 1.29 is 34.1 Å². The number of nitrogens with one attached hydrogen (secondary N) is 1. The minimum Gasteiger partial charge on any atom is -0.482 e. The standard InChI is InChI=1S/C19H16N2O7/c22-14-5-4-13(17(25)20-14)21-18(26)11-3-1-2-9-6-10(28-8-15(23)24)7-12(16(9)11)19(21)27/h1-3,6-7,13-14,22H,4-5,8H2,(H,20,25)(H,23,24). The summed E-state index contributed by atoms with van der Waals surface area (Å²) in [7, 11) is 0. The number of amides is 3. The molecule has 2 unspecified atom stereocenters. The minimum atomic E-state index is -1.16. The van der Waals surface area contributed by atoms with Crippen molar-refractivity contribution in [1.82, 2.24) is 10.2 Å². The number of carboxylic acids is 1. The first-order chi connectivity index (χ1) is 13.4. The molecular formula is C19H16N2O7. The number of carbonyl (C=O) groups excluding carboxylic acids is 3. The van der Waals surface area contributed by atoms with Crippen LogP contribution in [-0.4, -0.2) is 57.7 Å². The van der Waals surface area contributed by atoms with Crippen LogP contribution >= 0.6 is 0 Å². The molecule has 2 heterocycles. The van der Waals surface area contributed by atoms with Crippen LogP contribution in [0.4, 0.5) is 0 Å². The largest absolute Gasteiger partial charge is 0.482 e. The van der Waals surface area contributed by atoms with Gasteiger partial charge in [-0.05, 0) is 36.4 Å². The van der Waals surface area contributed by atoms with E-state index in [1.807, 2.05) is 0 Å². The van der Waals surface area contributed by atoms with Gasteiger partial charge in [0.15, 0.2) is 6.61 Å². The lowest BCUT2D eigenvalue weighted by Gasteiger charge is -2.36. The van der Waals surface area contributed by atoms with Gasteiger partial charge in [-0.15, -0.1) is 0 Å². The molecule has 0 spiro atoms. The molecule has 1 fully saturated rings. The van der Waals surface area contributed by atoms with Crippen LogP contribution in [0.5, 0.6) is 5.75 Å². The number of ether oxygens (including phenoxy) is 1. The third kappa shape index (κ3) is 2.85. The van der Waals surface area contributed by atoms with Crippen molar-refractivity contribution in [1.29, 1.82) is 0 Å². The second-order valence-corrected chi connectivity index (χ2v) is 6.65. The maximum Gasteiger partial charge on any atom is 0.341 e. The number of hydrogen-bond donors (Lipinski definition) is 3. The summed E-state index contributed by atoms with van der Waals surface area (Å²) in [6.07, 6.45) is -0.650. The lowest BCUT2D eigenvalue weighted by molar-refractivity contribution is -0.139. The Balaban J connectivity index is 1.80. The fraction of sp³-hybridized carbons (Fsp3) is 0.263. The van der Waals surface area contributed by atoms with Gasteiger partial charge in [-0.2, -0.15) is 0 Å². The smallest absolute Gasteiger partial charge is 0.341 e. The molecule has 9 heteroatoms. The van der Waals surface area contributed by atoms with E-state index < -0.39 is 42.6 Å². The van der Waals surface area contributed by atoms with Crippen LogP contribution < -0.4 is 10.1 Å². The normalized spacial score (nSPS) is 21.6. The second-order valence-electron chi connectivity index (χ2n) is 6.65.